The molecule has 15 heavy (non-hydrogen) atoms. The zero-order chi connectivity index (χ0) is 11.1. The summed E-state index contributed by atoms with van der Waals surface area (Å²) in [5.41, 5.74) is 2.82. The Labute approximate surface area is 86.9 Å². The van der Waals surface area contributed by atoms with Gasteiger partial charge in [-0.15, -0.1) is 0 Å². The van der Waals surface area contributed by atoms with Crippen molar-refractivity contribution < 1.29 is 14.5 Å². The number of benzene rings is 1. The normalized spacial score (nSPS) is 9.93. The highest BCUT2D eigenvalue weighted by Gasteiger charge is 2.11. The summed E-state index contributed by atoms with van der Waals surface area (Å²) in [6.07, 6.45) is 0. The van der Waals surface area contributed by atoms with Crippen LogP contribution in [-0.4, -0.2) is 25.2 Å². The van der Waals surface area contributed by atoms with Crippen LogP contribution < -0.4 is 5.48 Å². The maximum Gasteiger partial charge on any atom is 0.294 e. The molecular weight excluding hydrogens is 200 g/mol. The number of hydrogen-bond donors (Lipinski definition) is 1. The third-order valence-electron chi connectivity index (χ3n) is 1.67. The number of nitro benzene ring substituents is 1. The molecule has 0 aliphatic carbocycles. The smallest absolute Gasteiger partial charge is 0.294 e. The van der Waals surface area contributed by atoms with Gasteiger partial charge in [0, 0.05) is 13.2 Å². The second-order valence-corrected chi connectivity index (χ2v) is 2.72. The highest BCUT2D eigenvalue weighted by molar-refractivity contribution is 5.59. The van der Waals surface area contributed by atoms with Crippen molar-refractivity contribution in [3.63, 3.8) is 0 Å². The van der Waals surface area contributed by atoms with E-state index in [1.165, 1.54) is 6.07 Å². The number of methoxy groups -OCH3 is 1. The number of hydrogen-bond acceptors (Lipinski definition) is 5. The molecule has 0 aliphatic rings. The van der Waals surface area contributed by atoms with Gasteiger partial charge < -0.3 is 4.74 Å². The standard InChI is InChI=1S/C9H12N2O4/c1-14-6-7-15-10-8-4-2-3-5-9(8)11(12)13/h2-5,10H,6-7H2,1H3. The van der Waals surface area contributed by atoms with E-state index in [0.29, 0.717) is 18.9 Å². The molecule has 6 heteroatoms. The molecule has 1 rings (SSSR count). The topological polar surface area (TPSA) is 73.6 Å². The Morgan fingerprint density at radius 2 is 2.13 bits per heavy atom. The van der Waals surface area contributed by atoms with Crippen LogP contribution in [0, 0.1) is 10.1 Å². The summed E-state index contributed by atoms with van der Waals surface area (Å²) in [5.74, 6) is 0. The van der Waals surface area contributed by atoms with Gasteiger partial charge >= 0.3 is 0 Å². The van der Waals surface area contributed by atoms with Gasteiger partial charge in [-0.3, -0.25) is 20.4 Å². The highest BCUT2D eigenvalue weighted by Crippen LogP contribution is 2.22. The van der Waals surface area contributed by atoms with E-state index in [0.717, 1.165) is 0 Å². The van der Waals surface area contributed by atoms with Crippen molar-refractivity contribution in [1.29, 1.82) is 0 Å². The molecule has 0 spiro atoms. The number of nitrogens with one attached hydrogen (secondary N) is 1. The predicted octanol–water partition coefficient (Wildman–Crippen LogP) is 1.58. The lowest BCUT2D eigenvalue weighted by molar-refractivity contribution is -0.384. The molecule has 0 radical (unpaired) electrons. The maximum atomic E-state index is 10.6. The van der Waals surface area contributed by atoms with Gasteiger partial charge in [-0.05, 0) is 6.07 Å². The lowest BCUT2D eigenvalue weighted by Crippen LogP contribution is -2.08. The van der Waals surface area contributed by atoms with Crippen LogP contribution in [-0.2, 0) is 9.57 Å². The molecule has 0 aliphatic heterocycles. The Kier molecular flexibility index (Phi) is 4.52. The Morgan fingerprint density at radius 1 is 1.40 bits per heavy atom. The summed E-state index contributed by atoms with van der Waals surface area (Å²) in [6.45, 7) is 0.746. The average molecular weight is 212 g/mol. The van der Waals surface area contributed by atoms with Gasteiger partial charge in [-0.2, -0.15) is 0 Å². The van der Waals surface area contributed by atoms with Gasteiger partial charge in [0.25, 0.3) is 5.69 Å². The molecule has 82 valence electrons. The molecule has 6 nitrogen and oxygen atoms in total. The number of para-hydroxylation sites is 2. The second kappa shape index (κ2) is 5.94. The van der Waals surface area contributed by atoms with Crippen LogP contribution in [0.2, 0.25) is 0 Å². The zero-order valence-corrected chi connectivity index (χ0v) is 8.30. The molecule has 0 fully saturated rings. The Balaban J connectivity index is 2.56. The SMILES string of the molecule is COCCONc1ccccc1[N+](=O)[O-]. The first-order valence-electron chi connectivity index (χ1n) is 4.36. The fourth-order valence-corrected chi connectivity index (χ4v) is 0.973. The molecule has 0 atom stereocenters. The van der Waals surface area contributed by atoms with Crippen LogP contribution in [0.3, 0.4) is 0 Å². The van der Waals surface area contributed by atoms with Crippen molar-refractivity contribution in [2.75, 3.05) is 25.8 Å². The first-order valence-corrected chi connectivity index (χ1v) is 4.36. The monoisotopic (exact) mass is 212 g/mol. The van der Waals surface area contributed by atoms with Crippen LogP contribution in [0.25, 0.3) is 0 Å². The van der Waals surface area contributed by atoms with Crippen LogP contribution >= 0.6 is 0 Å². The van der Waals surface area contributed by atoms with Crippen molar-refractivity contribution in [2.45, 2.75) is 0 Å². The number of anilines is 1. The van der Waals surface area contributed by atoms with E-state index in [1.54, 1.807) is 25.3 Å². The van der Waals surface area contributed by atoms with Crippen molar-refractivity contribution in [3.8, 4) is 0 Å². The number of rotatable bonds is 6. The molecule has 1 aromatic rings. The zero-order valence-electron chi connectivity index (χ0n) is 8.30. The lowest BCUT2D eigenvalue weighted by atomic mass is 10.3. The van der Waals surface area contributed by atoms with Gasteiger partial charge in [0.15, 0.2) is 0 Å². The van der Waals surface area contributed by atoms with E-state index in [1.807, 2.05) is 0 Å². The van der Waals surface area contributed by atoms with E-state index in [9.17, 15) is 10.1 Å². The molecule has 1 N–H and O–H groups in total. The molecule has 0 heterocycles. The van der Waals surface area contributed by atoms with Crippen LogP contribution in [0.5, 0.6) is 0 Å². The van der Waals surface area contributed by atoms with Gasteiger partial charge in [0.05, 0.1) is 18.1 Å². The molecule has 0 bridgehead atoms. The fourth-order valence-electron chi connectivity index (χ4n) is 0.973. The van der Waals surface area contributed by atoms with E-state index in [2.05, 4.69) is 5.48 Å². The Morgan fingerprint density at radius 3 is 2.80 bits per heavy atom. The summed E-state index contributed by atoms with van der Waals surface area (Å²) >= 11 is 0. The van der Waals surface area contributed by atoms with Gasteiger partial charge in [0.1, 0.15) is 5.69 Å². The molecule has 0 amide bonds. The Bertz CT molecular complexity index is 330. The molecule has 0 aromatic heterocycles. The molecule has 0 saturated heterocycles. The average Bonchev–Trinajstić information content (AvgIpc) is 2.25. The first kappa shape index (κ1) is 11.4. The molecular formula is C9H12N2O4. The van der Waals surface area contributed by atoms with E-state index in [-0.39, 0.29) is 5.69 Å². The van der Waals surface area contributed by atoms with Crippen molar-refractivity contribution in [1.82, 2.24) is 0 Å². The van der Waals surface area contributed by atoms with Gasteiger partial charge in [0.2, 0.25) is 0 Å². The highest BCUT2D eigenvalue weighted by atomic mass is 16.7. The van der Waals surface area contributed by atoms with Crippen molar-refractivity contribution in [2.24, 2.45) is 0 Å². The van der Waals surface area contributed by atoms with E-state index < -0.39 is 4.92 Å². The minimum absolute atomic E-state index is 0.0186. The van der Waals surface area contributed by atoms with Crippen LogP contribution in [0.4, 0.5) is 11.4 Å². The summed E-state index contributed by atoms with van der Waals surface area (Å²) in [4.78, 5) is 15.1. The maximum absolute atomic E-state index is 10.6. The minimum atomic E-state index is -0.470. The molecule has 0 unspecified atom stereocenters. The third-order valence-corrected chi connectivity index (χ3v) is 1.67. The van der Waals surface area contributed by atoms with Crippen LogP contribution in [0.1, 0.15) is 0 Å². The van der Waals surface area contributed by atoms with E-state index >= 15 is 0 Å². The quantitative estimate of drug-likeness (QED) is 0.440. The number of nitro groups is 1. The summed E-state index contributed by atoms with van der Waals surface area (Å²) in [5, 5.41) is 10.6. The lowest BCUT2D eigenvalue weighted by Gasteiger charge is -2.06. The first-order chi connectivity index (χ1) is 7.25. The van der Waals surface area contributed by atoms with Gasteiger partial charge in [-0.25, -0.2) is 0 Å². The summed E-state index contributed by atoms with van der Waals surface area (Å²) in [7, 11) is 1.55. The summed E-state index contributed by atoms with van der Waals surface area (Å²) < 4.78 is 4.76. The van der Waals surface area contributed by atoms with Gasteiger partial charge in [-0.1, -0.05) is 12.1 Å². The predicted molar refractivity (Wildman–Crippen MR) is 54.5 cm³/mol. The van der Waals surface area contributed by atoms with E-state index in [4.69, 9.17) is 9.57 Å². The molecule has 0 saturated carbocycles. The number of nitrogens with zero attached hydrogens (tertiary/aromatic N) is 1. The fraction of sp³-hybridized carbons (Fsp3) is 0.333. The Hall–Kier alpha value is -1.66. The molecule has 1 aromatic carbocycles. The number of ether oxygens (including phenoxy) is 1. The van der Waals surface area contributed by atoms with Crippen LogP contribution in [0.15, 0.2) is 24.3 Å². The van der Waals surface area contributed by atoms with Crippen molar-refractivity contribution in [3.05, 3.63) is 34.4 Å². The second-order valence-electron chi connectivity index (χ2n) is 2.72. The van der Waals surface area contributed by atoms with Crippen molar-refractivity contribution >= 4 is 11.4 Å². The largest absolute Gasteiger partial charge is 0.382 e. The third kappa shape index (κ3) is 3.53. The minimum Gasteiger partial charge on any atom is -0.382 e. The summed E-state index contributed by atoms with van der Waals surface area (Å²) in [6, 6.07) is 6.26.